The van der Waals surface area contributed by atoms with Crippen LogP contribution in [0.15, 0.2) is 24.3 Å². The number of ether oxygens (including phenoxy) is 2. The van der Waals surface area contributed by atoms with Crippen LogP contribution in [0.5, 0.6) is 5.75 Å². The molecule has 0 saturated heterocycles. The van der Waals surface area contributed by atoms with Crippen molar-refractivity contribution in [3.05, 3.63) is 40.4 Å². The lowest BCUT2D eigenvalue weighted by Crippen LogP contribution is -2.05. The van der Waals surface area contributed by atoms with Crippen molar-refractivity contribution in [1.82, 2.24) is 9.97 Å². The number of benzene rings is 1. The van der Waals surface area contributed by atoms with E-state index in [1.54, 1.807) is 14.0 Å². The zero-order valence-electron chi connectivity index (χ0n) is 16.0. The van der Waals surface area contributed by atoms with Gasteiger partial charge >= 0.3 is 5.97 Å². The van der Waals surface area contributed by atoms with Gasteiger partial charge in [0.1, 0.15) is 15.5 Å². The first-order valence-electron chi connectivity index (χ1n) is 8.79. The summed E-state index contributed by atoms with van der Waals surface area (Å²) in [5.74, 6) is 0.430. The lowest BCUT2D eigenvalue weighted by Gasteiger charge is -2.07. The molecule has 3 heterocycles. The Morgan fingerprint density at radius 3 is 2.75 bits per heavy atom. The molecule has 4 aromatic rings. The lowest BCUT2D eigenvalue weighted by atomic mass is 10.1. The summed E-state index contributed by atoms with van der Waals surface area (Å²) in [6, 6.07) is 7.77. The highest BCUT2D eigenvalue weighted by Gasteiger charge is 2.23. The van der Waals surface area contributed by atoms with Crippen molar-refractivity contribution < 1.29 is 14.3 Å². The van der Waals surface area contributed by atoms with Gasteiger partial charge in [-0.2, -0.15) is 0 Å². The minimum atomic E-state index is -0.354. The fourth-order valence-corrected chi connectivity index (χ4v) is 5.14. The summed E-state index contributed by atoms with van der Waals surface area (Å²) in [4.78, 5) is 23.1. The molecule has 0 bridgehead atoms. The third kappa shape index (κ3) is 3.29. The van der Waals surface area contributed by atoms with Gasteiger partial charge in [-0.3, -0.25) is 0 Å². The minimum absolute atomic E-state index is 0.318. The summed E-state index contributed by atoms with van der Waals surface area (Å²) in [6.07, 6.45) is 0. The van der Waals surface area contributed by atoms with Crippen molar-refractivity contribution in [2.24, 2.45) is 0 Å². The Morgan fingerprint density at radius 1 is 1.18 bits per heavy atom. The molecule has 0 spiro atoms. The number of aromatic nitrogens is 2. The summed E-state index contributed by atoms with van der Waals surface area (Å²) < 4.78 is 11.6. The normalized spacial score (nSPS) is 11.1. The van der Waals surface area contributed by atoms with Gasteiger partial charge < -0.3 is 14.8 Å². The van der Waals surface area contributed by atoms with Crippen LogP contribution in [-0.2, 0) is 4.74 Å². The third-order valence-electron chi connectivity index (χ3n) is 4.28. The van der Waals surface area contributed by atoms with Crippen molar-refractivity contribution in [2.75, 3.05) is 19.0 Å². The number of hydrogen-bond acceptors (Lipinski definition) is 8. The Labute approximate surface area is 170 Å². The number of nitrogens with zero attached hydrogens (tertiary/aromatic N) is 2. The van der Waals surface area contributed by atoms with E-state index in [0.717, 1.165) is 37.4 Å². The number of thiophene rings is 1. The van der Waals surface area contributed by atoms with E-state index in [1.165, 1.54) is 22.7 Å². The van der Waals surface area contributed by atoms with Crippen LogP contribution in [0, 0.1) is 13.8 Å². The van der Waals surface area contributed by atoms with Gasteiger partial charge in [0, 0.05) is 11.1 Å². The molecule has 0 aliphatic rings. The quantitative estimate of drug-likeness (QED) is 0.439. The predicted molar refractivity (Wildman–Crippen MR) is 115 cm³/mol. The van der Waals surface area contributed by atoms with E-state index in [4.69, 9.17) is 9.47 Å². The van der Waals surface area contributed by atoms with E-state index in [0.29, 0.717) is 22.3 Å². The maximum absolute atomic E-state index is 12.6. The Balaban J connectivity index is 1.84. The second kappa shape index (κ2) is 7.37. The van der Waals surface area contributed by atoms with Crippen LogP contribution in [-0.4, -0.2) is 29.7 Å². The van der Waals surface area contributed by atoms with Crippen LogP contribution < -0.4 is 10.1 Å². The molecule has 6 nitrogen and oxygen atoms in total. The predicted octanol–water partition coefficient (Wildman–Crippen LogP) is 5.45. The van der Waals surface area contributed by atoms with Gasteiger partial charge in [-0.15, -0.1) is 11.3 Å². The molecule has 8 heteroatoms. The van der Waals surface area contributed by atoms with Crippen molar-refractivity contribution in [3.63, 3.8) is 0 Å². The number of anilines is 2. The second-order valence-corrected chi connectivity index (χ2v) is 8.29. The fraction of sp³-hybridized carbons (Fsp3) is 0.250. The first kappa shape index (κ1) is 18.6. The highest BCUT2D eigenvalue weighted by molar-refractivity contribution is 7.22. The Morgan fingerprint density at radius 2 is 2.00 bits per heavy atom. The highest BCUT2D eigenvalue weighted by atomic mass is 32.1. The maximum Gasteiger partial charge on any atom is 0.350 e. The molecule has 0 unspecified atom stereocenters. The van der Waals surface area contributed by atoms with Crippen LogP contribution in [0.25, 0.3) is 20.4 Å². The minimum Gasteiger partial charge on any atom is -0.497 e. The van der Waals surface area contributed by atoms with E-state index in [-0.39, 0.29) is 5.97 Å². The van der Waals surface area contributed by atoms with Crippen LogP contribution in [0.3, 0.4) is 0 Å². The lowest BCUT2D eigenvalue weighted by molar-refractivity contribution is 0.0533. The number of aryl methyl sites for hydroxylation is 2. The van der Waals surface area contributed by atoms with Gasteiger partial charge in [-0.25, -0.2) is 14.8 Å². The first-order valence-corrected chi connectivity index (χ1v) is 10.4. The number of methoxy groups -OCH3 is 1. The van der Waals surface area contributed by atoms with Crippen LogP contribution in [0.2, 0.25) is 0 Å². The largest absolute Gasteiger partial charge is 0.497 e. The monoisotopic (exact) mass is 413 g/mol. The number of carbonyl (C=O) groups is 1. The molecule has 28 heavy (non-hydrogen) atoms. The fourth-order valence-electron chi connectivity index (χ4n) is 3.09. The Hall–Kier alpha value is -2.71. The highest BCUT2D eigenvalue weighted by Crippen LogP contribution is 2.40. The molecule has 0 atom stereocenters. The second-order valence-electron chi connectivity index (χ2n) is 6.27. The number of rotatable bonds is 5. The van der Waals surface area contributed by atoms with Crippen LogP contribution in [0.1, 0.15) is 27.9 Å². The van der Waals surface area contributed by atoms with Gasteiger partial charge in [-0.05, 0) is 50.6 Å². The maximum atomic E-state index is 12.6. The Bertz CT molecular complexity index is 1200. The van der Waals surface area contributed by atoms with Gasteiger partial charge in [0.25, 0.3) is 0 Å². The summed E-state index contributed by atoms with van der Waals surface area (Å²) in [6.45, 7) is 6.09. The van der Waals surface area contributed by atoms with E-state index >= 15 is 0 Å². The summed E-state index contributed by atoms with van der Waals surface area (Å²) >= 11 is 2.85. The van der Waals surface area contributed by atoms with E-state index < -0.39 is 0 Å². The van der Waals surface area contributed by atoms with Crippen LogP contribution in [0.4, 0.5) is 10.8 Å². The van der Waals surface area contributed by atoms with E-state index in [9.17, 15) is 4.79 Å². The summed E-state index contributed by atoms with van der Waals surface area (Å²) in [7, 11) is 1.64. The molecular weight excluding hydrogens is 394 g/mol. The number of fused-ring (bicyclic) bond motifs is 2. The van der Waals surface area contributed by atoms with Crippen molar-refractivity contribution in [2.45, 2.75) is 20.8 Å². The molecule has 1 aromatic carbocycles. The smallest absolute Gasteiger partial charge is 0.350 e. The molecule has 0 saturated carbocycles. The first-order chi connectivity index (χ1) is 13.5. The number of nitrogens with one attached hydrogen (secondary N) is 1. The summed E-state index contributed by atoms with van der Waals surface area (Å²) in [5, 5.41) is 4.99. The average molecular weight is 414 g/mol. The molecule has 0 radical (unpaired) electrons. The topological polar surface area (TPSA) is 73.3 Å². The van der Waals surface area contributed by atoms with Gasteiger partial charge in [-0.1, -0.05) is 11.3 Å². The Kier molecular flexibility index (Phi) is 4.91. The standard InChI is InChI=1S/C20H19N3O3S2/c1-5-26-19(24)17-16(15-10(2)8-11(3)21-18(15)28-17)23-20-22-13-7-6-12(25-4)9-14(13)27-20/h6-9H,5H2,1-4H3,(H,22,23). The number of thiazole rings is 1. The SMILES string of the molecule is CCOC(=O)c1sc2nc(C)cc(C)c2c1Nc1nc2ccc(OC)cc2s1. The number of pyridine rings is 1. The van der Waals surface area contributed by atoms with Gasteiger partial charge in [0.05, 0.1) is 29.6 Å². The van der Waals surface area contributed by atoms with Crippen molar-refractivity contribution >= 4 is 59.9 Å². The molecule has 0 aliphatic heterocycles. The molecule has 0 amide bonds. The molecule has 3 aromatic heterocycles. The number of esters is 1. The van der Waals surface area contributed by atoms with Crippen LogP contribution >= 0.6 is 22.7 Å². The molecule has 1 N–H and O–H groups in total. The average Bonchev–Trinajstić information content (AvgIpc) is 3.22. The number of carbonyl (C=O) groups excluding carboxylic acids is 1. The van der Waals surface area contributed by atoms with E-state index in [1.807, 2.05) is 38.1 Å². The van der Waals surface area contributed by atoms with Gasteiger partial charge in [0.15, 0.2) is 5.13 Å². The zero-order valence-corrected chi connectivity index (χ0v) is 17.6. The molecule has 0 fully saturated rings. The molecular formula is C20H19N3O3S2. The van der Waals surface area contributed by atoms with Gasteiger partial charge in [0.2, 0.25) is 0 Å². The molecule has 144 valence electrons. The molecule has 0 aliphatic carbocycles. The zero-order chi connectivity index (χ0) is 19.8. The van der Waals surface area contributed by atoms with Crippen molar-refractivity contribution in [3.8, 4) is 5.75 Å². The summed E-state index contributed by atoms with van der Waals surface area (Å²) in [5.41, 5.74) is 3.55. The molecule has 4 rings (SSSR count). The third-order valence-corrected chi connectivity index (χ3v) is 6.27. The van der Waals surface area contributed by atoms with Crippen molar-refractivity contribution in [1.29, 1.82) is 0 Å². The number of hydrogen-bond donors (Lipinski definition) is 1. The van der Waals surface area contributed by atoms with E-state index in [2.05, 4.69) is 15.3 Å².